The van der Waals surface area contributed by atoms with Crippen molar-refractivity contribution >= 4 is 34.6 Å². The first kappa shape index (κ1) is 18.7. The lowest BCUT2D eigenvalue weighted by Gasteiger charge is -2.11. The Balaban J connectivity index is 1.63. The Morgan fingerprint density at radius 3 is 2.33 bits per heavy atom. The Kier molecular flexibility index (Phi) is 5.94. The van der Waals surface area contributed by atoms with Crippen molar-refractivity contribution in [2.45, 2.75) is 20.0 Å². The summed E-state index contributed by atoms with van der Waals surface area (Å²) in [5, 5.41) is 6.47. The molecule has 138 valence electrons. The van der Waals surface area contributed by atoms with Crippen LogP contribution in [0.5, 0.6) is 5.75 Å². The van der Waals surface area contributed by atoms with Gasteiger partial charge in [-0.15, -0.1) is 0 Å². The van der Waals surface area contributed by atoms with Crippen molar-refractivity contribution in [2.24, 2.45) is 0 Å². The van der Waals surface area contributed by atoms with Crippen molar-refractivity contribution in [3.05, 3.63) is 77.6 Å². The molecule has 2 aromatic carbocycles. The van der Waals surface area contributed by atoms with Crippen LogP contribution in [0.1, 0.15) is 24.3 Å². The molecule has 0 fully saturated rings. The molecule has 0 aliphatic heterocycles. The molecule has 27 heavy (non-hydrogen) atoms. The quantitative estimate of drug-likeness (QED) is 0.590. The summed E-state index contributed by atoms with van der Waals surface area (Å²) in [6.07, 6.45) is 1.75. The number of nitrogens with zero attached hydrogens (tertiary/aromatic N) is 1. The maximum atomic E-state index is 12.3. The van der Waals surface area contributed by atoms with Gasteiger partial charge in [0.25, 0.3) is 5.91 Å². The lowest BCUT2D eigenvalue weighted by atomic mass is 10.2. The van der Waals surface area contributed by atoms with E-state index in [-0.39, 0.29) is 12.0 Å². The van der Waals surface area contributed by atoms with Crippen LogP contribution < -0.4 is 15.4 Å². The average Bonchev–Trinajstić information content (AvgIpc) is 2.65. The highest BCUT2D eigenvalue weighted by molar-refractivity contribution is 6.33. The van der Waals surface area contributed by atoms with E-state index in [2.05, 4.69) is 15.6 Å². The zero-order valence-electron chi connectivity index (χ0n) is 15.1. The van der Waals surface area contributed by atoms with Gasteiger partial charge in [0, 0.05) is 5.69 Å². The molecule has 0 unspecified atom stereocenters. The number of halogens is 1. The van der Waals surface area contributed by atoms with E-state index in [9.17, 15) is 4.79 Å². The van der Waals surface area contributed by atoms with Crippen LogP contribution in [0.3, 0.4) is 0 Å². The SMILES string of the molecule is CC(C)Oc1ccc(Nc2ccc(C(=O)Nc3ccccc3Cl)nc2)cc1. The molecule has 0 aliphatic rings. The highest BCUT2D eigenvalue weighted by atomic mass is 35.5. The second-order valence-corrected chi connectivity index (χ2v) is 6.59. The third-order valence-corrected chi connectivity index (χ3v) is 3.96. The summed E-state index contributed by atoms with van der Waals surface area (Å²) < 4.78 is 5.62. The van der Waals surface area contributed by atoms with Gasteiger partial charge < -0.3 is 15.4 Å². The summed E-state index contributed by atoms with van der Waals surface area (Å²) in [5.74, 6) is 0.505. The van der Waals surface area contributed by atoms with Gasteiger partial charge in [0.05, 0.1) is 28.7 Å². The number of carbonyl (C=O) groups excluding carboxylic acids is 1. The number of amides is 1. The van der Waals surface area contributed by atoms with Crippen LogP contribution in [0.25, 0.3) is 0 Å². The zero-order chi connectivity index (χ0) is 19.2. The topological polar surface area (TPSA) is 63.2 Å². The van der Waals surface area contributed by atoms with E-state index in [1.807, 2.05) is 38.1 Å². The molecule has 0 radical (unpaired) electrons. The van der Waals surface area contributed by atoms with E-state index in [1.54, 1.807) is 42.6 Å². The lowest BCUT2D eigenvalue weighted by Crippen LogP contribution is -2.13. The van der Waals surface area contributed by atoms with Crippen LogP contribution in [0.2, 0.25) is 5.02 Å². The average molecular weight is 382 g/mol. The van der Waals surface area contributed by atoms with Crippen LogP contribution in [0.4, 0.5) is 17.1 Å². The van der Waals surface area contributed by atoms with E-state index in [0.717, 1.165) is 17.1 Å². The maximum absolute atomic E-state index is 12.3. The Hall–Kier alpha value is -3.05. The molecule has 1 heterocycles. The Bertz CT molecular complexity index is 909. The van der Waals surface area contributed by atoms with Crippen LogP contribution in [0, 0.1) is 0 Å². The predicted octanol–water partition coefficient (Wildman–Crippen LogP) is 5.52. The van der Waals surface area contributed by atoms with Gasteiger partial charge in [0.1, 0.15) is 11.4 Å². The minimum atomic E-state index is -0.315. The highest BCUT2D eigenvalue weighted by Crippen LogP contribution is 2.22. The molecule has 6 heteroatoms. The van der Waals surface area contributed by atoms with Crippen LogP contribution in [-0.2, 0) is 0 Å². The largest absolute Gasteiger partial charge is 0.491 e. The first-order valence-electron chi connectivity index (χ1n) is 8.57. The third-order valence-electron chi connectivity index (χ3n) is 3.63. The minimum absolute atomic E-state index is 0.137. The molecule has 0 saturated carbocycles. The Labute approximate surface area is 163 Å². The maximum Gasteiger partial charge on any atom is 0.274 e. The van der Waals surface area contributed by atoms with Gasteiger partial charge in [-0.1, -0.05) is 23.7 Å². The number of nitrogens with one attached hydrogen (secondary N) is 2. The summed E-state index contributed by atoms with van der Waals surface area (Å²) in [7, 11) is 0. The fraction of sp³-hybridized carbons (Fsp3) is 0.143. The number of benzene rings is 2. The van der Waals surface area contributed by atoms with Gasteiger partial charge in [0.15, 0.2) is 0 Å². The second kappa shape index (κ2) is 8.56. The summed E-state index contributed by atoms with van der Waals surface area (Å²) in [6, 6.07) is 18.2. The molecule has 0 bridgehead atoms. The number of hydrogen-bond acceptors (Lipinski definition) is 4. The van der Waals surface area contributed by atoms with E-state index in [0.29, 0.717) is 16.4 Å². The van der Waals surface area contributed by atoms with Crippen molar-refractivity contribution in [3.63, 3.8) is 0 Å². The van der Waals surface area contributed by atoms with Crippen molar-refractivity contribution in [3.8, 4) is 5.75 Å². The van der Waals surface area contributed by atoms with Gasteiger partial charge in [0.2, 0.25) is 0 Å². The summed E-state index contributed by atoms with van der Waals surface area (Å²) >= 11 is 6.06. The van der Waals surface area contributed by atoms with Gasteiger partial charge >= 0.3 is 0 Å². The van der Waals surface area contributed by atoms with Crippen molar-refractivity contribution in [2.75, 3.05) is 10.6 Å². The number of ether oxygens (including phenoxy) is 1. The number of pyridine rings is 1. The molecule has 1 aromatic heterocycles. The molecule has 3 rings (SSSR count). The van der Waals surface area contributed by atoms with Crippen molar-refractivity contribution in [1.29, 1.82) is 0 Å². The molecule has 0 saturated heterocycles. The summed E-state index contributed by atoms with van der Waals surface area (Å²) in [6.45, 7) is 3.97. The Morgan fingerprint density at radius 1 is 1.00 bits per heavy atom. The number of rotatable bonds is 6. The predicted molar refractivity (Wildman–Crippen MR) is 109 cm³/mol. The smallest absolute Gasteiger partial charge is 0.274 e. The fourth-order valence-corrected chi connectivity index (χ4v) is 2.59. The number of hydrogen-bond donors (Lipinski definition) is 2. The number of aromatic nitrogens is 1. The molecule has 0 spiro atoms. The third kappa shape index (κ3) is 5.21. The standard InChI is InChI=1S/C21H20ClN3O2/c1-14(2)27-17-10-7-15(8-11-17)24-16-9-12-20(23-13-16)21(26)25-19-6-4-3-5-18(19)22/h3-14,24H,1-2H3,(H,25,26). The molecular formula is C21H20ClN3O2. The molecule has 0 atom stereocenters. The van der Waals surface area contributed by atoms with Gasteiger partial charge in [-0.3, -0.25) is 4.79 Å². The van der Waals surface area contributed by atoms with E-state index in [1.165, 1.54) is 0 Å². The second-order valence-electron chi connectivity index (χ2n) is 6.18. The van der Waals surface area contributed by atoms with Gasteiger partial charge in [-0.25, -0.2) is 4.98 Å². The Morgan fingerprint density at radius 2 is 1.70 bits per heavy atom. The number of para-hydroxylation sites is 1. The minimum Gasteiger partial charge on any atom is -0.491 e. The van der Waals surface area contributed by atoms with Crippen LogP contribution in [-0.4, -0.2) is 17.0 Å². The van der Waals surface area contributed by atoms with Crippen molar-refractivity contribution in [1.82, 2.24) is 4.98 Å². The van der Waals surface area contributed by atoms with Crippen LogP contribution in [0.15, 0.2) is 66.9 Å². The molecule has 1 amide bonds. The van der Waals surface area contributed by atoms with Crippen LogP contribution >= 0.6 is 11.6 Å². The number of anilines is 3. The molecule has 5 nitrogen and oxygen atoms in total. The van der Waals surface area contributed by atoms with E-state index < -0.39 is 0 Å². The number of carbonyl (C=O) groups is 1. The monoisotopic (exact) mass is 381 g/mol. The molecule has 2 N–H and O–H groups in total. The lowest BCUT2D eigenvalue weighted by molar-refractivity contribution is 0.102. The van der Waals surface area contributed by atoms with E-state index in [4.69, 9.17) is 16.3 Å². The first-order valence-corrected chi connectivity index (χ1v) is 8.95. The fourth-order valence-electron chi connectivity index (χ4n) is 2.41. The highest BCUT2D eigenvalue weighted by Gasteiger charge is 2.09. The normalized spacial score (nSPS) is 10.5. The van der Waals surface area contributed by atoms with Gasteiger partial charge in [-0.05, 0) is 62.4 Å². The molecular weight excluding hydrogens is 362 g/mol. The van der Waals surface area contributed by atoms with Gasteiger partial charge in [-0.2, -0.15) is 0 Å². The summed E-state index contributed by atoms with van der Waals surface area (Å²) in [4.78, 5) is 16.5. The first-order chi connectivity index (χ1) is 13.0. The zero-order valence-corrected chi connectivity index (χ0v) is 15.8. The van der Waals surface area contributed by atoms with Crippen molar-refractivity contribution < 1.29 is 9.53 Å². The van der Waals surface area contributed by atoms with E-state index >= 15 is 0 Å². The molecule has 0 aliphatic carbocycles. The summed E-state index contributed by atoms with van der Waals surface area (Å²) in [5.41, 5.74) is 2.54. The molecule has 3 aromatic rings.